The van der Waals surface area contributed by atoms with Crippen molar-refractivity contribution in [2.75, 3.05) is 38.0 Å². The quantitative estimate of drug-likeness (QED) is 0.820. The van der Waals surface area contributed by atoms with E-state index in [1.54, 1.807) is 9.80 Å². The molecule has 0 radical (unpaired) electrons. The van der Waals surface area contributed by atoms with E-state index >= 15 is 0 Å². The molecule has 6 heteroatoms. The average molecular weight is 339 g/mol. The van der Waals surface area contributed by atoms with Gasteiger partial charge in [0.1, 0.15) is 11.5 Å². The Hall–Kier alpha value is -3.02. The van der Waals surface area contributed by atoms with E-state index in [9.17, 15) is 9.59 Å². The van der Waals surface area contributed by atoms with Crippen LogP contribution in [0.15, 0.2) is 54.6 Å². The van der Waals surface area contributed by atoms with Crippen LogP contribution in [0.2, 0.25) is 0 Å². The molecule has 0 aromatic heterocycles. The number of hydrogen-bond donors (Lipinski definition) is 1. The minimum absolute atomic E-state index is 0.0372. The Bertz CT molecular complexity index is 696. The van der Waals surface area contributed by atoms with E-state index in [4.69, 9.17) is 4.74 Å². The van der Waals surface area contributed by atoms with Gasteiger partial charge in [0.25, 0.3) is 0 Å². The molecule has 1 N–H and O–H groups in total. The Morgan fingerprint density at radius 1 is 0.960 bits per heavy atom. The summed E-state index contributed by atoms with van der Waals surface area (Å²) in [5, 5.41) is 3.13. The number of rotatable bonds is 6. The molecule has 0 saturated carbocycles. The molecule has 1 aliphatic rings. The number of hydrogen-bond acceptors (Lipinski definition) is 4. The van der Waals surface area contributed by atoms with Crippen molar-refractivity contribution in [1.82, 2.24) is 9.80 Å². The summed E-state index contributed by atoms with van der Waals surface area (Å²) < 4.78 is 5.74. The number of carbonyl (C=O) groups excluding carboxylic acids is 2. The third kappa shape index (κ3) is 4.73. The van der Waals surface area contributed by atoms with Crippen LogP contribution in [0.3, 0.4) is 0 Å². The fraction of sp³-hybridized carbons (Fsp3) is 0.263. The van der Waals surface area contributed by atoms with E-state index in [-0.39, 0.29) is 12.5 Å². The van der Waals surface area contributed by atoms with Gasteiger partial charge >= 0.3 is 0 Å². The molecular formula is C19H21N3O3. The number of piperazine rings is 1. The number of benzene rings is 2. The standard InChI is InChI=1S/C19H21N3O3/c23-15-21-10-12-22(13-11-21)19(24)14-20-16-6-8-18(9-7-16)25-17-4-2-1-3-5-17/h1-9,15,20H,10-14H2. The van der Waals surface area contributed by atoms with Crippen molar-refractivity contribution >= 4 is 18.0 Å². The Labute approximate surface area is 147 Å². The summed E-state index contributed by atoms with van der Waals surface area (Å²) in [4.78, 5) is 26.4. The molecule has 2 amide bonds. The Balaban J connectivity index is 1.47. The number of anilines is 1. The molecule has 2 aromatic rings. The highest BCUT2D eigenvalue weighted by atomic mass is 16.5. The van der Waals surface area contributed by atoms with E-state index in [1.165, 1.54) is 0 Å². The fourth-order valence-electron chi connectivity index (χ4n) is 2.63. The van der Waals surface area contributed by atoms with E-state index in [1.807, 2.05) is 54.6 Å². The van der Waals surface area contributed by atoms with Crippen LogP contribution in [0.5, 0.6) is 11.5 Å². The van der Waals surface area contributed by atoms with Crippen molar-refractivity contribution in [2.45, 2.75) is 0 Å². The van der Waals surface area contributed by atoms with Gasteiger partial charge in [-0.2, -0.15) is 0 Å². The van der Waals surface area contributed by atoms with Gasteiger partial charge in [-0.05, 0) is 36.4 Å². The van der Waals surface area contributed by atoms with Crippen molar-refractivity contribution in [3.8, 4) is 11.5 Å². The predicted octanol–water partition coefficient (Wildman–Crippen LogP) is 2.19. The smallest absolute Gasteiger partial charge is 0.241 e. The second-order valence-corrected chi connectivity index (χ2v) is 5.82. The molecular weight excluding hydrogens is 318 g/mol. The first-order valence-corrected chi connectivity index (χ1v) is 8.28. The first-order chi connectivity index (χ1) is 12.2. The SMILES string of the molecule is O=CN1CCN(C(=O)CNc2ccc(Oc3ccccc3)cc2)CC1. The molecule has 2 aromatic carbocycles. The number of ether oxygens (including phenoxy) is 1. The highest BCUT2D eigenvalue weighted by molar-refractivity contribution is 5.81. The van der Waals surface area contributed by atoms with E-state index in [0.29, 0.717) is 26.2 Å². The zero-order chi connectivity index (χ0) is 17.5. The van der Waals surface area contributed by atoms with Crippen LogP contribution < -0.4 is 10.1 Å². The van der Waals surface area contributed by atoms with Crippen molar-refractivity contribution in [1.29, 1.82) is 0 Å². The van der Waals surface area contributed by atoms with E-state index in [0.717, 1.165) is 23.6 Å². The van der Waals surface area contributed by atoms with Gasteiger partial charge in [0.15, 0.2) is 0 Å². The van der Waals surface area contributed by atoms with Gasteiger partial charge in [-0.25, -0.2) is 0 Å². The largest absolute Gasteiger partial charge is 0.457 e. The van der Waals surface area contributed by atoms with Crippen LogP contribution in [0.1, 0.15) is 0 Å². The zero-order valence-electron chi connectivity index (χ0n) is 13.9. The van der Waals surface area contributed by atoms with Crippen LogP contribution in [-0.4, -0.2) is 54.8 Å². The molecule has 1 heterocycles. The molecule has 1 aliphatic heterocycles. The molecule has 1 fully saturated rings. The molecule has 1 saturated heterocycles. The maximum absolute atomic E-state index is 12.2. The lowest BCUT2D eigenvalue weighted by Gasteiger charge is -2.32. The molecule has 0 atom stereocenters. The summed E-state index contributed by atoms with van der Waals surface area (Å²) in [5.41, 5.74) is 0.861. The third-order valence-electron chi connectivity index (χ3n) is 4.09. The van der Waals surface area contributed by atoms with Crippen LogP contribution in [-0.2, 0) is 9.59 Å². The number of nitrogens with one attached hydrogen (secondary N) is 1. The average Bonchev–Trinajstić information content (AvgIpc) is 2.68. The van der Waals surface area contributed by atoms with E-state index in [2.05, 4.69) is 5.32 Å². The summed E-state index contributed by atoms with van der Waals surface area (Å²) in [6.07, 6.45) is 0.832. The first kappa shape index (κ1) is 16.8. The summed E-state index contributed by atoms with van der Waals surface area (Å²) in [6, 6.07) is 17.1. The number of nitrogens with zero attached hydrogens (tertiary/aromatic N) is 2. The van der Waals surface area contributed by atoms with Gasteiger partial charge in [-0.15, -0.1) is 0 Å². The molecule has 0 spiro atoms. The van der Waals surface area contributed by atoms with Gasteiger partial charge < -0.3 is 19.9 Å². The van der Waals surface area contributed by atoms with Crippen molar-refractivity contribution in [3.05, 3.63) is 54.6 Å². The van der Waals surface area contributed by atoms with Gasteiger partial charge in [-0.3, -0.25) is 9.59 Å². The molecule has 3 rings (SSSR count). The van der Waals surface area contributed by atoms with Crippen LogP contribution in [0.25, 0.3) is 0 Å². The van der Waals surface area contributed by atoms with Crippen LogP contribution in [0.4, 0.5) is 5.69 Å². The minimum atomic E-state index is 0.0372. The topological polar surface area (TPSA) is 61.9 Å². The Morgan fingerprint density at radius 3 is 2.24 bits per heavy atom. The highest BCUT2D eigenvalue weighted by Crippen LogP contribution is 2.22. The molecule has 0 unspecified atom stereocenters. The normalized spacial score (nSPS) is 14.1. The molecule has 0 aliphatic carbocycles. The molecule has 6 nitrogen and oxygen atoms in total. The predicted molar refractivity (Wildman–Crippen MR) is 95.7 cm³/mol. The summed E-state index contributed by atoms with van der Waals surface area (Å²) in [6.45, 7) is 2.60. The summed E-state index contributed by atoms with van der Waals surface area (Å²) in [5.74, 6) is 1.57. The Morgan fingerprint density at radius 2 is 1.60 bits per heavy atom. The van der Waals surface area contributed by atoms with Crippen molar-refractivity contribution in [2.24, 2.45) is 0 Å². The zero-order valence-corrected chi connectivity index (χ0v) is 13.9. The lowest BCUT2D eigenvalue weighted by Crippen LogP contribution is -2.49. The number of para-hydroxylation sites is 1. The monoisotopic (exact) mass is 339 g/mol. The van der Waals surface area contributed by atoms with Crippen molar-refractivity contribution in [3.63, 3.8) is 0 Å². The number of carbonyl (C=O) groups is 2. The Kier molecular flexibility index (Phi) is 5.51. The van der Waals surface area contributed by atoms with Gasteiger partial charge in [0, 0.05) is 31.9 Å². The minimum Gasteiger partial charge on any atom is -0.457 e. The van der Waals surface area contributed by atoms with Gasteiger partial charge in [0.05, 0.1) is 6.54 Å². The molecule has 130 valence electrons. The second-order valence-electron chi connectivity index (χ2n) is 5.82. The van der Waals surface area contributed by atoms with Crippen LogP contribution in [0, 0.1) is 0 Å². The maximum atomic E-state index is 12.2. The summed E-state index contributed by atoms with van der Waals surface area (Å²) in [7, 11) is 0. The third-order valence-corrected chi connectivity index (χ3v) is 4.09. The molecule has 25 heavy (non-hydrogen) atoms. The lowest BCUT2D eigenvalue weighted by atomic mass is 10.3. The summed E-state index contributed by atoms with van der Waals surface area (Å²) >= 11 is 0. The molecule has 0 bridgehead atoms. The fourth-order valence-corrected chi connectivity index (χ4v) is 2.63. The lowest BCUT2D eigenvalue weighted by molar-refractivity contribution is -0.133. The van der Waals surface area contributed by atoms with Crippen molar-refractivity contribution < 1.29 is 14.3 Å². The van der Waals surface area contributed by atoms with Gasteiger partial charge in [-0.1, -0.05) is 18.2 Å². The maximum Gasteiger partial charge on any atom is 0.241 e. The number of amides is 2. The highest BCUT2D eigenvalue weighted by Gasteiger charge is 2.19. The van der Waals surface area contributed by atoms with Crippen LogP contribution >= 0.6 is 0 Å². The first-order valence-electron chi connectivity index (χ1n) is 8.28. The second kappa shape index (κ2) is 8.19. The van der Waals surface area contributed by atoms with Gasteiger partial charge in [0.2, 0.25) is 12.3 Å². The van der Waals surface area contributed by atoms with E-state index < -0.39 is 0 Å².